The van der Waals surface area contributed by atoms with Crippen LogP contribution >= 0.6 is 12.2 Å². The fourth-order valence-electron chi connectivity index (χ4n) is 1.12. The zero-order valence-electron chi connectivity index (χ0n) is 8.54. The number of nitriles is 2. The number of carbonyl (C=O) groups excluding carboxylic acids is 1. The molecule has 1 aromatic carbocycles. The predicted molar refractivity (Wildman–Crippen MR) is 63.0 cm³/mol. The maximum absolute atomic E-state index is 11.7. The first-order chi connectivity index (χ1) is 7.99. The van der Waals surface area contributed by atoms with Crippen LogP contribution in [0.5, 0.6) is 0 Å². The SMILES string of the molecule is N#Cc1cc(C#N)cc(C(=O)N(N)C(N)=S)c1. The van der Waals surface area contributed by atoms with Crippen LogP contribution in [0, 0.1) is 22.7 Å². The maximum Gasteiger partial charge on any atom is 0.274 e. The zero-order valence-corrected chi connectivity index (χ0v) is 9.36. The van der Waals surface area contributed by atoms with Gasteiger partial charge in [-0.25, -0.2) is 10.9 Å². The summed E-state index contributed by atoms with van der Waals surface area (Å²) in [6.45, 7) is 0. The number of nitrogens with two attached hydrogens (primary N) is 2. The van der Waals surface area contributed by atoms with Gasteiger partial charge in [0.2, 0.25) is 0 Å². The second kappa shape index (κ2) is 5.03. The van der Waals surface area contributed by atoms with Crippen molar-refractivity contribution >= 4 is 23.2 Å². The third-order valence-corrected chi connectivity index (χ3v) is 2.09. The van der Waals surface area contributed by atoms with E-state index in [0.717, 1.165) is 0 Å². The first-order valence-corrected chi connectivity index (χ1v) is 4.74. The number of rotatable bonds is 1. The Labute approximate surface area is 103 Å². The van der Waals surface area contributed by atoms with Crippen molar-refractivity contribution in [2.24, 2.45) is 11.6 Å². The molecule has 0 radical (unpaired) electrons. The standard InChI is InChI=1S/C10H7N5OS/c11-4-6-1-7(5-12)3-8(2-6)9(16)15(14)10(13)17/h1-3H,14H2,(H2,13,17). The molecule has 4 N–H and O–H groups in total. The van der Waals surface area contributed by atoms with Crippen molar-refractivity contribution in [1.82, 2.24) is 5.01 Å². The fourth-order valence-corrected chi connectivity index (χ4v) is 1.20. The van der Waals surface area contributed by atoms with E-state index in [0.29, 0.717) is 5.01 Å². The molecule has 17 heavy (non-hydrogen) atoms. The molecule has 0 aliphatic carbocycles. The van der Waals surface area contributed by atoms with Gasteiger partial charge in [-0.05, 0) is 30.4 Å². The number of thiocarbonyl (C=S) groups is 1. The molecule has 0 heterocycles. The normalized spacial score (nSPS) is 8.88. The Kier molecular flexibility index (Phi) is 3.73. The smallest absolute Gasteiger partial charge is 0.274 e. The Morgan fingerprint density at radius 3 is 2.06 bits per heavy atom. The molecule has 0 saturated heterocycles. The maximum atomic E-state index is 11.7. The summed E-state index contributed by atoms with van der Waals surface area (Å²) in [5.74, 6) is 4.65. The Hall–Kier alpha value is -2.48. The van der Waals surface area contributed by atoms with E-state index in [9.17, 15) is 4.79 Å². The molecule has 0 aliphatic rings. The minimum atomic E-state index is -0.675. The van der Waals surface area contributed by atoms with Gasteiger partial charge in [0.05, 0.1) is 23.3 Å². The average molecular weight is 245 g/mol. The number of hydrazine groups is 1. The molecule has 84 valence electrons. The highest BCUT2D eigenvalue weighted by molar-refractivity contribution is 7.80. The number of hydrogen-bond donors (Lipinski definition) is 2. The summed E-state index contributed by atoms with van der Waals surface area (Å²) in [5.41, 5.74) is 5.64. The van der Waals surface area contributed by atoms with Gasteiger partial charge in [0.1, 0.15) is 0 Å². The molecule has 0 unspecified atom stereocenters. The van der Waals surface area contributed by atoms with Crippen LogP contribution in [0.2, 0.25) is 0 Å². The van der Waals surface area contributed by atoms with Gasteiger partial charge >= 0.3 is 0 Å². The topological polar surface area (TPSA) is 120 Å². The second-order valence-electron chi connectivity index (χ2n) is 3.04. The van der Waals surface area contributed by atoms with Crippen LogP contribution in [0.3, 0.4) is 0 Å². The monoisotopic (exact) mass is 245 g/mol. The minimum Gasteiger partial charge on any atom is -0.375 e. The lowest BCUT2D eigenvalue weighted by Crippen LogP contribution is -2.45. The van der Waals surface area contributed by atoms with Crippen LogP contribution in [0.15, 0.2) is 18.2 Å². The Bertz CT molecular complexity index is 537. The quantitative estimate of drug-likeness (QED) is 0.311. The molecule has 7 heteroatoms. The largest absolute Gasteiger partial charge is 0.375 e. The van der Waals surface area contributed by atoms with Gasteiger partial charge in [-0.15, -0.1) is 0 Å². The molecule has 0 aliphatic heterocycles. The summed E-state index contributed by atoms with van der Waals surface area (Å²) in [4.78, 5) is 11.7. The lowest BCUT2D eigenvalue weighted by atomic mass is 10.1. The highest BCUT2D eigenvalue weighted by Gasteiger charge is 2.16. The van der Waals surface area contributed by atoms with Gasteiger partial charge in [-0.3, -0.25) is 4.79 Å². The fraction of sp³-hybridized carbons (Fsp3) is 0. The Balaban J connectivity index is 3.24. The number of hydrogen-bond acceptors (Lipinski definition) is 5. The van der Waals surface area contributed by atoms with E-state index in [1.807, 2.05) is 12.1 Å². The van der Waals surface area contributed by atoms with Crippen molar-refractivity contribution in [3.8, 4) is 12.1 Å². The summed E-state index contributed by atoms with van der Waals surface area (Å²) in [6.07, 6.45) is 0. The van der Waals surface area contributed by atoms with Crippen molar-refractivity contribution < 1.29 is 4.79 Å². The lowest BCUT2D eigenvalue weighted by Gasteiger charge is -2.14. The van der Waals surface area contributed by atoms with E-state index in [1.54, 1.807) is 0 Å². The first kappa shape index (κ1) is 12.6. The number of carbonyl (C=O) groups is 1. The third-order valence-electron chi connectivity index (χ3n) is 1.89. The van der Waals surface area contributed by atoms with Crippen LogP contribution in [0.25, 0.3) is 0 Å². The molecule has 0 fully saturated rings. The van der Waals surface area contributed by atoms with E-state index >= 15 is 0 Å². The van der Waals surface area contributed by atoms with E-state index in [1.165, 1.54) is 18.2 Å². The lowest BCUT2D eigenvalue weighted by molar-refractivity contribution is 0.0848. The van der Waals surface area contributed by atoms with E-state index in [2.05, 4.69) is 12.2 Å². The van der Waals surface area contributed by atoms with Gasteiger partial charge in [0.25, 0.3) is 5.91 Å². The molecule has 1 rings (SSSR count). The Morgan fingerprint density at radius 2 is 1.71 bits per heavy atom. The molecular weight excluding hydrogens is 238 g/mol. The summed E-state index contributed by atoms with van der Waals surface area (Å²) < 4.78 is 0. The molecule has 0 spiro atoms. The van der Waals surface area contributed by atoms with Crippen molar-refractivity contribution in [2.45, 2.75) is 0 Å². The molecule has 1 aromatic rings. The second-order valence-corrected chi connectivity index (χ2v) is 3.45. The van der Waals surface area contributed by atoms with E-state index in [-0.39, 0.29) is 21.8 Å². The van der Waals surface area contributed by atoms with Crippen molar-refractivity contribution in [2.75, 3.05) is 0 Å². The first-order valence-electron chi connectivity index (χ1n) is 4.33. The number of benzene rings is 1. The summed E-state index contributed by atoms with van der Waals surface area (Å²) in [6, 6.07) is 7.65. The van der Waals surface area contributed by atoms with Crippen molar-refractivity contribution in [3.63, 3.8) is 0 Å². The molecule has 0 aromatic heterocycles. The van der Waals surface area contributed by atoms with Crippen LogP contribution in [-0.4, -0.2) is 16.0 Å². The van der Waals surface area contributed by atoms with Gasteiger partial charge in [0.15, 0.2) is 5.11 Å². The third kappa shape index (κ3) is 2.75. The van der Waals surface area contributed by atoms with Crippen molar-refractivity contribution in [1.29, 1.82) is 10.5 Å². The van der Waals surface area contributed by atoms with Gasteiger partial charge in [0, 0.05) is 5.56 Å². The zero-order chi connectivity index (χ0) is 13.0. The number of amides is 1. The minimum absolute atomic E-state index is 0.0795. The molecule has 0 bridgehead atoms. The molecule has 0 saturated carbocycles. The van der Waals surface area contributed by atoms with Crippen LogP contribution < -0.4 is 11.6 Å². The molecule has 6 nitrogen and oxygen atoms in total. The molecule has 1 amide bonds. The highest BCUT2D eigenvalue weighted by atomic mass is 32.1. The highest BCUT2D eigenvalue weighted by Crippen LogP contribution is 2.10. The summed E-state index contributed by atoms with van der Waals surface area (Å²) >= 11 is 4.54. The van der Waals surface area contributed by atoms with Gasteiger partial charge < -0.3 is 5.73 Å². The van der Waals surface area contributed by atoms with E-state index < -0.39 is 5.91 Å². The Morgan fingerprint density at radius 1 is 1.24 bits per heavy atom. The van der Waals surface area contributed by atoms with Crippen LogP contribution in [-0.2, 0) is 0 Å². The average Bonchev–Trinajstić information content (AvgIpc) is 2.35. The van der Waals surface area contributed by atoms with Crippen LogP contribution in [0.4, 0.5) is 0 Å². The summed E-state index contributed by atoms with van der Waals surface area (Å²) in [7, 11) is 0. The van der Waals surface area contributed by atoms with Crippen molar-refractivity contribution in [3.05, 3.63) is 34.9 Å². The van der Waals surface area contributed by atoms with E-state index in [4.69, 9.17) is 22.1 Å². The summed E-state index contributed by atoms with van der Waals surface area (Å²) in [5, 5.41) is 17.8. The number of nitrogens with zero attached hydrogens (tertiary/aromatic N) is 3. The molecule has 0 atom stereocenters. The van der Waals surface area contributed by atoms with Gasteiger partial charge in [-0.2, -0.15) is 10.5 Å². The van der Waals surface area contributed by atoms with Crippen LogP contribution in [0.1, 0.15) is 21.5 Å². The molecular formula is C10H7N5OS. The van der Waals surface area contributed by atoms with Gasteiger partial charge in [-0.1, -0.05) is 0 Å². The predicted octanol–water partition coefficient (Wildman–Crippen LogP) is -0.0105.